The number of unbranched alkanes of at least 4 members (excludes halogenated alkanes) is 2. The van der Waals surface area contributed by atoms with Crippen LogP contribution >= 0.6 is 0 Å². The fraction of sp³-hybridized carbons (Fsp3) is 0.762. The predicted molar refractivity (Wildman–Crippen MR) is 120 cm³/mol. The average Bonchev–Trinajstić information content (AvgIpc) is 3.67. The summed E-state index contributed by atoms with van der Waals surface area (Å²) < 4.78 is 0. The molecule has 1 saturated heterocycles. The zero-order valence-electron chi connectivity index (χ0n) is 19.2. The number of hydrogen-bond donors (Lipinski definition) is 3. The van der Waals surface area contributed by atoms with E-state index in [1.165, 1.54) is 0 Å². The van der Waals surface area contributed by atoms with Gasteiger partial charge in [0.1, 0.15) is 5.82 Å². The van der Waals surface area contributed by atoms with E-state index in [2.05, 4.69) is 49.5 Å². The normalized spacial score (nSPS) is 17.7. The summed E-state index contributed by atoms with van der Waals surface area (Å²) in [6.45, 7) is 8.86. The Balaban J connectivity index is 1.65. The summed E-state index contributed by atoms with van der Waals surface area (Å²) in [5.41, 5.74) is 5.51. The number of piperazine rings is 1. The number of hydroxylamine groups is 2. The average molecular weight is 449 g/mol. The van der Waals surface area contributed by atoms with Gasteiger partial charge < -0.3 is 9.80 Å². The molecular formula is C21H36N8O3. The number of rotatable bonds is 13. The standard InChI is InChI=1S/C21H36N8O3/c1-3-5-6-7-17(14-29(32)15-30)19(31)25-26-20-22-18(16-8-9-16)23-21(24-20)28-12-10-27(4-2)11-13-28/h15-17,32H,3-14H2,1-2H3,(H,25,31)(H,22,23,24,26)/t17-/m1/s1. The van der Waals surface area contributed by atoms with Gasteiger partial charge in [0, 0.05) is 32.1 Å². The van der Waals surface area contributed by atoms with E-state index in [9.17, 15) is 14.8 Å². The topological polar surface area (TPSA) is 127 Å². The van der Waals surface area contributed by atoms with Crippen LogP contribution in [-0.4, -0.2) is 81.7 Å². The summed E-state index contributed by atoms with van der Waals surface area (Å²) in [6.07, 6.45) is 5.86. The summed E-state index contributed by atoms with van der Waals surface area (Å²) in [5, 5.41) is 10.1. The van der Waals surface area contributed by atoms with Crippen LogP contribution in [-0.2, 0) is 9.59 Å². The van der Waals surface area contributed by atoms with Gasteiger partial charge in [-0.1, -0.05) is 33.1 Å². The molecule has 0 unspecified atom stereocenters. The zero-order chi connectivity index (χ0) is 22.9. The number of carbonyl (C=O) groups is 2. The number of carbonyl (C=O) groups excluding carboxylic acids is 2. The van der Waals surface area contributed by atoms with Crippen molar-refractivity contribution >= 4 is 24.2 Å². The maximum Gasteiger partial charge on any atom is 0.246 e. The number of nitrogens with zero attached hydrogens (tertiary/aromatic N) is 6. The second-order valence-corrected chi connectivity index (χ2v) is 8.55. The SMILES string of the molecule is CCCCC[C@H](CN(O)C=O)C(=O)NNc1nc(C2CC2)nc(N2CCN(CC)CC2)n1. The Hall–Kier alpha value is -2.53. The smallest absolute Gasteiger partial charge is 0.246 e. The Morgan fingerprint density at radius 3 is 2.56 bits per heavy atom. The molecule has 0 bridgehead atoms. The van der Waals surface area contributed by atoms with E-state index in [4.69, 9.17) is 0 Å². The Labute approximate surface area is 189 Å². The molecule has 1 aromatic heterocycles. The van der Waals surface area contributed by atoms with Crippen molar-refractivity contribution in [3.63, 3.8) is 0 Å². The third-order valence-electron chi connectivity index (χ3n) is 6.04. The van der Waals surface area contributed by atoms with Crippen molar-refractivity contribution < 1.29 is 14.8 Å². The highest BCUT2D eigenvalue weighted by Gasteiger charge is 2.29. The Kier molecular flexibility index (Phi) is 8.98. The number of hydrogen-bond acceptors (Lipinski definition) is 9. The number of anilines is 2. The van der Waals surface area contributed by atoms with Crippen LogP contribution in [0.4, 0.5) is 11.9 Å². The molecule has 1 aromatic rings. The molecule has 1 atom stereocenters. The first-order chi connectivity index (χ1) is 15.5. The lowest BCUT2D eigenvalue weighted by atomic mass is 10.0. The number of hydrazine groups is 1. The molecular weight excluding hydrogens is 412 g/mol. The van der Waals surface area contributed by atoms with E-state index in [1.54, 1.807) is 0 Å². The number of likely N-dealkylation sites (N-methyl/N-ethyl adjacent to an activating group) is 1. The minimum Gasteiger partial charge on any atom is -0.338 e. The monoisotopic (exact) mass is 448 g/mol. The molecule has 178 valence electrons. The third kappa shape index (κ3) is 6.99. The molecule has 0 radical (unpaired) electrons. The molecule has 2 amide bonds. The van der Waals surface area contributed by atoms with Crippen molar-refractivity contribution in [1.82, 2.24) is 30.3 Å². The van der Waals surface area contributed by atoms with Gasteiger partial charge in [-0.3, -0.25) is 25.6 Å². The van der Waals surface area contributed by atoms with Crippen molar-refractivity contribution in [2.75, 3.05) is 49.6 Å². The van der Waals surface area contributed by atoms with E-state index >= 15 is 0 Å². The van der Waals surface area contributed by atoms with Crippen molar-refractivity contribution in [3.05, 3.63) is 5.82 Å². The maximum absolute atomic E-state index is 12.7. The van der Waals surface area contributed by atoms with Crippen molar-refractivity contribution in [3.8, 4) is 0 Å². The van der Waals surface area contributed by atoms with Gasteiger partial charge in [0.25, 0.3) is 0 Å². The lowest BCUT2D eigenvalue weighted by Gasteiger charge is -2.34. The minimum absolute atomic E-state index is 0.0573. The summed E-state index contributed by atoms with van der Waals surface area (Å²) in [7, 11) is 0. The van der Waals surface area contributed by atoms with Crippen molar-refractivity contribution in [2.45, 2.75) is 58.3 Å². The van der Waals surface area contributed by atoms with Crippen LogP contribution in [0.1, 0.15) is 64.1 Å². The Morgan fingerprint density at radius 2 is 1.94 bits per heavy atom. The molecule has 0 aromatic carbocycles. The first-order valence-electron chi connectivity index (χ1n) is 11.7. The lowest BCUT2D eigenvalue weighted by molar-refractivity contribution is -0.154. The third-order valence-corrected chi connectivity index (χ3v) is 6.04. The first-order valence-corrected chi connectivity index (χ1v) is 11.7. The van der Waals surface area contributed by atoms with Gasteiger partial charge >= 0.3 is 0 Å². The minimum atomic E-state index is -0.532. The Bertz CT molecular complexity index is 753. The zero-order valence-corrected chi connectivity index (χ0v) is 19.2. The highest BCUT2D eigenvalue weighted by molar-refractivity contribution is 5.80. The van der Waals surface area contributed by atoms with Gasteiger partial charge in [-0.05, 0) is 25.8 Å². The molecule has 2 heterocycles. The first kappa shape index (κ1) is 24.1. The number of aromatic nitrogens is 3. The van der Waals surface area contributed by atoms with Crippen LogP contribution in [0.25, 0.3) is 0 Å². The molecule has 2 aliphatic rings. The van der Waals surface area contributed by atoms with Gasteiger partial charge in [0.2, 0.25) is 24.2 Å². The fourth-order valence-electron chi connectivity index (χ4n) is 3.80. The second kappa shape index (κ2) is 11.9. The molecule has 1 aliphatic carbocycles. The second-order valence-electron chi connectivity index (χ2n) is 8.55. The van der Waals surface area contributed by atoms with Crippen molar-refractivity contribution in [2.24, 2.45) is 5.92 Å². The van der Waals surface area contributed by atoms with Gasteiger partial charge in [-0.2, -0.15) is 15.0 Å². The van der Waals surface area contributed by atoms with Crippen LogP contribution in [0.15, 0.2) is 0 Å². The van der Waals surface area contributed by atoms with Crippen LogP contribution in [0, 0.1) is 5.92 Å². The lowest BCUT2D eigenvalue weighted by Crippen LogP contribution is -2.47. The fourth-order valence-corrected chi connectivity index (χ4v) is 3.80. The molecule has 2 fully saturated rings. The predicted octanol–water partition coefficient (Wildman–Crippen LogP) is 1.38. The quantitative estimate of drug-likeness (QED) is 0.177. The molecule has 3 rings (SSSR count). The highest BCUT2D eigenvalue weighted by Crippen LogP contribution is 2.38. The molecule has 11 heteroatoms. The summed E-state index contributed by atoms with van der Waals surface area (Å²) in [4.78, 5) is 41.8. The van der Waals surface area contributed by atoms with E-state index in [-0.39, 0.29) is 12.5 Å². The largest absolute Gasteiger partial charge is 0.338 e. The molecule has 1 aliphatic heterocycles. The van der Waals surface area contributed by atoms with Crippen molar-refractivity contribution in [1.29, 1.82) is 0 Å². The molecule has 3 N–H and O–H groups in total. The summed E-state index contributed by atoms with van der Waals surface area (Å²) >= 11 is 0. The molecule has 32 heavy (non-hydrogen) atoms. The van der Waals surface area contributed by atoms with Crippen LogP contribution in [0.2, 0.25) is 0 Å². The van der Waals surface area contributed by atoms with Crippen LogP contribution in [0.3, 0.4) is 0 Å². The molecule has 1 saturated carbocycles. The van der Waals surface area contributed by atoms with E-state index in [0.29, 0.717) is 35.7 Å². The van der Waals surface area contributed by atoms with E-state index in [0.717, 1.165) is 70.7 Å². The van der Waals surface area contributed by atoms with Crippen LogP contribution in [0.5, 0.6) is 0 Å². The van der Waals surface area contributed by atoms with Crippen LogP contribution < -0.4 is 15.8 Å². The van der Waals surface area contributed by atoms with Gasteiger partial charge in [-0.25, -0.2) is 5.06 Å². The molecule has 0 spiro atoms. The number of amides is 2. The summed E-state index contributed by atoms with van der Waals surface area (Å²) in [5.74, 6) is 1.21. The van der Waals surface area contributed by atoms with Gasteiger partial charge in [-0.15, -0.1) is 0 Å². The molecule has 11 nitrogen and oxygen atoms in total. The van der Waals surface area contributed by atoms with Gasteiger partial charge in [0.05, 0.1) is 12.5 Å². The maximum atomic E-state index is 12.7. The number of nitrogens with one attached hydrogen (secondary N) is 2. The highest BCUT2D eigenvalue weighted by atomic mass is 16.5. The Morgan fingerprint density at radius 1 is 1.19 bits per heavy atom. The summed E-state index contributed by atoms with van der Waals surface area (Å²) in [6, 6.07) is 0. The van der Waals surface area contributed by atoms with E-state index < -0.39 is 5.92 Å². The van der Waals surface area contributed by atoms with E-state index in [1.807, 2.05) is 0 Å². The van der Waals surface area contributed by atoms with Gasteiger partial charge in [0.15, 0.2) is 0 Å².